The Bertz CT molecular complexity index is 518. The second-order valence-electron chi connectivity index (χ2n) is 5.44. The maximum atomic E-state index is 13.3. The molecule has 0 spiro atoms. The van der Waals surface area contributed by atoms with E-state index in [2.05, 4.69) is 27.8 Å². The second kappa shape index (κ2) is 6.85. The van der Waals surface area contributed by atoms with E-state index < -0.39 is 12.0 Å². The van der Waals surface area contributed by atoms with E-state index in [1.807, 2.05) is 11.0 Å². The summed E-state index contributed by atoms with van der Waals surface area (Å²) in [5, 5.41) is 9.05. The van der Waals surface area contributed by atoms with Gasteiger partial charge in [0.25, 0.3) is 0 Å². The third kappa shape index (κ3) is 3.81. The molecule has 2 rings (SSSR count). The van der Waals surface area contributed by atoms with Crippen molar-refractivity contribution in [1.82, 2.24) is 9.80 Å². The Balaban J connectivity index is 1.98. The highest BCUT2D eigenvalue weighted by molar-refractivity contribution is 9.10. The van der Waals surface area contributed by atoms with Crippen molar-refractivity contribution in [1.29, 1.82) is 0 Å². The minimum Gasteiger partial charge on any atom is -0.480 e. The number of hydrogen-bond donors (Lipinski definition) is 1. The molecule has 2 atom stereocenters. The summed E-state index contributed by atoms with van der Waals surface area (Å²) >= 11 is 3.22. The Morgan fingerprint density at radius 3 is 2.33 bits per heavy atom. The van der Waals surface area contributed by atoms with Gasteiger partial charge in [-0.15, -0.1) is 0 Å². The van der Waals surface area contributed by atoms with E-state index in [0.717, 1.165) is 31.7 Å². The monoisotopic (exact) mass is 358 g/mol. The summed E-state index contributed by atoms with van der Waals surface area (Å²) in [4.78, 5) is 15.3. The molecule has 2 unspecified atom stereocenters. The summed E-state index contributed by atoms with van der Waals surface area (Å²) in [6.45, 7) is 6.91. The summed E-state index contributed by atoms with van der Waals surface area (Å²) in [6, 6.07) is 4.83. The van der Waals surface area contributed by atoms with E-state index in [0.29, 0.717) is 4.47 Å². The van der Waals surface area contributed by atoms with Gasteiger partial charge in [0.1, 0.15) is 11.9 Å². The van der Waals surface area contributed by atoms with Gasteiger partial charge in [-0.3, -0.25) is 14.6 Å². The van der Waals surface area contributed by atoms with Crippen molar-refractivity contribution in [2.75, 3.05) is 26.2 Å². The molecule has 0 bridgehead atoms. The van der Waals surface area contributed by atoms with Crippen molar-refractivity contribution in [3.8, 4) is 0 Å². The van der Waals surface area contributed by atoms with E-state index in [9.17, 15) is 9.18 Å². The minimum absolute atomic E-state index is 0.184. The predicted molar refractivity (Wildman–Crippen MR) is 82.8 cm³/mol. The number of halogens is 2. The Morgan fingerprint density at radius 1 is 1.24 bits per heavy atom. The molecule has 0 saturated carbocycles. The van der Waals surface area contributed by atoms with Gasteiger partial charge in [0.05, 0.1) is 4.47 Å². The van der Waals surface area contributed by atoms with Crippen molar-refractivity contribution in [2.45, 2.75) is 25.9 Å². The van der Waals surface area contributed by atoms with Gasteiger partial charge in [-0.2, -0.15) is 0 Å². The second-order valence-corrected chi connectivity index (χ2v) is 6.29. The molecular formula is C15H20BrFN2O2. The van der Waals surface area contributed by atoms with Crippen LogP contribution in [0.3, 0.4) is 0 Å². The molecule has 1 aliphatic heterocycles. The number of rotatable bonds is 4. The highest BCUT2D eigenvalue weighted by atomic mass is 79.9. The van der Waals surface area contributed by atoms with Crippen LogP contribution in [0.15, 0.2) is 22.7 Å². The van der Waals surface area contributed by atoms with Crippen LogP contribution >= 0.6 is 15.9 Å². The number of hydrogen-bond acceptors (Lipinski definition) is 3. The molecule has 0 radical (unpaired) electrons. The van der Waals surface area contributed by atoms with Crippen LogP contribution in [0, 0.1) is 5.82 Å². The summed E-state index contributed by atoms with van der Waals surface area (Å²) in [5.74, 6) is -1.04. The van der Waals surface area contributed by atoms with Crippen LogP contribution in [0.2, 0.25) is 0 Å². The van der Waals surface area contributed by atoms with E-state index in [1.165, 1.54) is 6.07 Å². The molecule has 1 saturated heterocycles. The van der Waals surface area contributed by atoms with E-state index in [-0.39, 0.29) is 11.9 Å². The molecule has 0 amide bonds. The van der Waals surface area contributed by atoms with Crippen molar-refractivity contribution in [3.63, 3.8) is 0 Å². The average Bonchev–Trinajstić information content (AvgIpc) is 2.48. The molecule has 1 aromatic rings. The van der Waals surface area contributed by atoms with Crippen molar-refractivity contribution in [3.05, 3.63) is 34.1 Å². The lowest BCUT2D eigenvalue weighted by Crippen LogP contribution is -2.52. The normalized spacial score (nSPS) is 20.2. The summed E-state index contributed by atoms with van der Waals surface area (Å²) in [5.41, 5.74) is 1.06. The van der Waals surface area contributed by atoms with Gasteiger partial charge in [0, 0.05) is 32.2 Å². The summed E-state index contributed by atoms with van der Waals surface area (Å²) in [6.07, 6.45) is 0. The van der Waals surface area contributed by atoms with Gasteiger partial charge in [0.2, 0.25) is 0 Å². The topological polar surface area (TPSA) is 43.8 Å². The third-order valence-electron chi connectivity index (χ3n) is 4.23. The maximum Gasteiger partial charge on any atom is 0.320 e. The highest BCUT2D eigenvalue weighted by Gasteiger charge is 2.27. The van der Waals surface area contributed by atoms with Crippen molar-refractivity contribution >= 4 is 21.9 Å². The Hall–Kier alpha value is -0.980. The number of carbonyl (C=O) groups is 1. The lowest BCUT2D eigenvalue weighted by Gasteiger charge is -2.39. The van der Waals surface area contributed by atoms with Crippen LogP contribution in [0.4, 0.5) is 4.39 Å². The molecule has 1 aromatic carbocycles. The zero-order chi connectivity index (χ0) is 15.6. The smallest absolute Gasteiger partial charge is 0.320 e. The molecule has 1 aliphatic rings. The molecular weight excluding hydrogens is 339 g/mol. The molecule has 4 nitrogen and oxygen atoms in total. The van der Waals surface area contributed by atoms with E-state index in [1.54, 1.807) is 13.0 Å². The Kier molecular flexibility index (Phi) is 5.35. The van der Waals surface area contributed by atoms with Crippen LogP contribution in [0.5, 0.6) is 0 Å². The van der Waals surface area contributed by atoms with Crippen LogP contribution in [-0.2, 0) is 4.79 Å². The van der Waals surface area contributed by atoms with E-state index in [4.69, 9.17) is 5.11 Å². The highest BCUT2D eigenvalue weighted by Crippen LogP contribution is 2.26. The van der Waals surface area contributed by atoms with E-state index >= 15 is 0 Å². The zero-order valence-electron chi connectivity index (χ0n) is 12.2. The standard InChI is InChI=1S/C15H20BrFN2O2/c1-10(12-3-4-14(17)13(16)9-12)18-5-7-19(8-6-18)11(2)15(20)21/h3-4,9-11H,5-8H2,1-2H3,(H,20,21). The fraction of sp³-hybridized carbons (Fsp3) is 0.533. The molecule has 6 heteroatoms. The first kappa shape index (κ1) is 16.4. The molecule has 0 aromatic heterocycles. The molecule has 1 N–H and O–H groups in total. The fourth-order valence-electron chi connectivity index (χ4n) is 2.65. The Labute approximate surface area is 132 Å². The fourth-order valence-corrected chi connectivity index (χ4v) is 3.05. The van der Waals surface area contributed by atoms with Crippen LogP contribution < -0.4 is 0 Å². The van der Waals surface area contributed by atoms with Crippen LogP contribution in [0.1, 0.15) is 25.5 Å². The van der Waals surface area contributed by atoms with Gasteiger partial charge in [-0.25, -0.2) is 4.39 Å². The van der Waals surface area contributed by atoms with Gasteiger partial charge in [0.15, 0.2) is 0 Å². The maximum absolute atomic E-state index is 13.3. The molecule has 1 fully saturated rings. The number of carboxylic acids is 1. The van der Waals surface area contributed by atoms with Crippen molar-refractivity contribution in [2.24, 2.45) is 0 Å². The summed E-state index contributed by atoms with van der Waals surface area (Å²) in [7, 11) is 0. The lowest BCUT2D eigenvalue weighted by atomic mass is 10.1. The lowest BCUT2D eigenvalue weighted by molar-refractivity contribution is -0.143. The number of aliphatic carboxylic acids is 1. The zero-order valence-corrected chi connectivity index (χ0v) is 13.8. The van der Waals surface area contributed by atoms with Gasteiger partial charge in [-0.05, 0) is 47.5 Å². The molecule has 116 valence electrons. The van der Waals surface area contributed by atoms with Gasteiger partial charge < -0.3 is 5.11 Å². The first-order valence-electron chi connectivity index (χ1n) is 7.06. The number of carboxylic acid groups (broad SMARTS) is 1. The quantitative estimate of drug-likeness (QED) is 0.898. The first-order chi connectivity index (χ1) is 9.90. The number of nitrogens with zero attached hydrogens (tertiary/aromatic N) is 2. The molecule has 0 aliphatic carbocycles. The average molecular weight is 359 g/mol. The molecule has 21 heavy (non-hydrogen) atoms. The largest absolute Gasteiger partial charge is 0.480 e. The van der Waals surface area contributed by atoms with Gasteiger partial charge >= 0.3 is 5.97 Å². The molecule has 1 heterocycles. The first-order valence-corrected chi connectivity index (χ1v) is 7.85. The van der Waals surface area contributed by atoms with Gasteiger partial charge in [-0.1, -0.05) is 6.07 Å². The number of benzene rings is 1. The van der Waals surface area contributed by atoms with Crippen molar-refractivity contribution < 1.29 is 14.3 Å². The van der Waals surface area contributed by atoms with Crippen LogP contribution in [0.25, 0.3) is 0 Å². The Morgan fingerprint density at radius 2 is 1.81 bits per heavy atom. The van der Waals surface area contributed by atoms with Crippen LogP contribution in [-0.4, -0.2) is 53.1 Å². The third-order valence-corrected chi connectivity index (χ3v) is 4.84. The number of piperazine rings is 1. The summed E-state index contributed by atoms with van der Waals surface area (Å²) < 4.78 is 13.8. The minimum atomic E-state index is -0.779. The predicted octanol–water partition coefficient (Wildman–Crippen LogP) is 2.74. The SMILES string of the molecule is CC(C(=O)O)N1CCN(C(C)c2ccc(F)c(Br)c2)CC1.